The smallest absolute Gasteiger partial charge is 0.405 e. The maximum absolute atomic E-state index is 12.5. The molecule has 1 heterocycles. The van der Waals surface area contributed by atoms with Crippen LogP contribution in [0.2, 0.25) is 0 Å². The van der Waals surface area contributed by atoms with Gasteiger partial charge in [-0.25, -0.2) is 13.8 Å². The molecule has 0 aliphatic heterocycles. The zero-order valence-corrected chi connectivity index (χ0v) is 9.34. The van der Waals surface area contributed by atoms with E-state index in [4.69, 9.17) is 11.0 Å². The number of nitrogens with zero attached hydrogens (tertiary/aromatic N) is 2. The molecular weight excluding hydrogens is 273 g/mol. The van der Waals surface area contributed by atoms with E-state index in [0.29, 0.717) is 6.07 Å². The first-order chi connectivity index (χ1) is 8.78. The molecular formula is C10H8F5N3O. The molecule has 4 nitrogen and oxygen atoms in total. The number of aromatic nitrogens is 1. The third kappa shape index (κ3) is 4.03. The van der Waals surface area contributed by atoms with E-state index >= 15 is 0 Å². The number of alkyl halides is 5. The molecule has 0 saturated carbocycles. The number of hydrogen-bond donors (Lipinski definition) is 1. The summed E-state index contributed by atoms with van der Waals surface area (Å²) in [5.41, 5.74) is 3.87. The monoisotopic (exact) mass is 281 g/mol. The van der Waals surface area contributed by atoms with Gasteiger partial charge >= 0.3 is 6.36 Å². The topological polar surface area (TPSA) is 71.9 Å². The van der Waals surface area contributed by atoms with Gasteiger partial charge in [-0.2, -0.15) is 5.26 Å². The molecule has 19 heavy (non-hydrogen) atoms. The largest absolute Gasteiger partial charge is 0.573 e. The van der Waals surface area contributed by atoms with Crippen molar-refractivity contribution in [3.63, 3.8) is 0 Å². The molecule has 1 aromatic rings. The summed E-state index contributed by atoms with van der Waals surface area (Å²) in [6.45, 7) is -0.383. The van der Waals surface area contributed by atoms with Crippen molar-refractivity contribution in [1.29, 1.82) is 5.26 Å². The van der Waals surface area contributed by atoms with Crippen molar-refractivity contribution >= 4 is 0 Å². The van der Waals surface area contributed by atoms with E-state index in [9.17, 15) is 22.0 Å². The van der Waals surface area contributed by atoms with Crippen LogP contribution in [0.25, 0.3) is 0 Å². The van der Waals surface area contributed by atoms with Gasteiger partial charge in [0.25, 0.3) is 6.43 Å². The van der Waals surface area contributed by atoms with Crippen LogP contribution in [0.3, 0.4) is 0 Å². The van der Waals surface area contributed by atoms with Crippen LogP contribution in [0.4, 0.5) is 22.0 Å². The lowest BCUT2D eigenvalue weighted by Crippen LogP contribution is -2.20. The lowest BCUT2D eigenvalue weighted by molar-refractivity contribution is -0.275. The summed E-state index contributed by atoms with van der Waals surface area (Å²) in [7, 11) is 0. The number of hydrogen-bond acceptors (Lipinski definition) is 4. The Kier molecular flexibility index (Phi) is 4.61. The number of halogens is 5. The lowest BCUT2D eigenvalue weighted by atomic mass is 10.1. The van der Waals surface area contributed by atoms with Crippen molar-refractivity contribution in [2.75, 3.05) is 0 Å². The Labute approximate surface area is 104 Å². The van der Waals surface area contributed by atoms with Gasteiger partial charge in [0.05, 0.1) is 18.2 Å². The van der Waals surface area contributed by atoms with E-state index in [1.54, 1.807) is 6.07 Å². The van der Waals surface area contributed by atoms with Crippen LogP contribution in [0, 0.1) is 11.3 Å². The Hall–Kier alpha value is -1.95. The molecule has 0 fully saturated rings. The molecule has 0 atom stereocenters. The van der Waals surface area contributed by atoms with Crippen molar-refractivity contribution in [3.05, 3.63) is 23.0 Å². The summed E-state index contributed by atoms with van der Waals surface area (Å²) in [6, 6.07) is 2.07. The highest BCUT2D eigenvalue weighted by Gasteiger charge is 2.33. The minimum atomic E-state index is -5.06. The molecule has 1 rings (SSSR count). The van der Waals surface area contributed by atoms with E-state index < -0.39 is 30.7 Å². The van der Waals surface area contributed by atoms with Gasteiger partial charge in [-0.15, -0.1) is 13.2 Å². The zero-order chi connectivity index (χ0) is 14.6. The van der Waals surface area contributed by atoms with Gasteiger partial charge in [0, 0.05) is 18.2 Å². The van der Waals surface area contributed by atoms with Gasteiger partial charge in [0.2, 0.25) is 0 Å². The molecule has 0 aliphatic carbocycles. The van der Waals surface area contributed by atoms with Gasteiger partial charge in [0.15, 0.2) is 0 Å². The summed E-state index contributed by atoms with van der Waals surface area (Å²) in [4.78, 5) is 3.43. The minimum Gasteiger partial charge on any atom is -0.405 e. The Balaban J connectivity index is 3.37. The fourth-order valence-corrected chi connectivity index (χ4v) is 1.38. The van der Waals surface area contributed by atoms with Gasteiger partial charge in [-0.1, -0.05) is 0 Å². The van der Waals surface area contributed by atoms with Gasteiger partial charge in [-0.3, -0.25) is 0 Å². The summed E-state index contributed by atoms with van der Waals surface area (Å²) >= 11 is 0. The summed E-state index contributed by atoms with van der Waals surface area (Å²) < 4.78 is 65.2. The fourth-order valence-electron chi connectivity index (χ4n) is 1.38. The van der Waals surface area contributed by atoms with E-state index in [1.165, 1.54) is 0 Å². The van der Waals surface area contributed by atoms with Crippen LogP contribution in [0.1, 0.15) is 23.4 Å². The normalized spacial score (nSPS) is 11.5. The van der Waals surface area contributed by atoms with Crippen LogP contribution in [-0.4, -0.2) is 11.3 Å². The summed E-state index contributed by atoms with van der Waals surface area (Å²) in [5.74, 6) is -0.875. The third-order valence-electron chi connectivity index (χ3n) is 2.09. The van der Waals surface area contributed by atoms with Crippen molar-refractivity contribution in [2.45, 2.75) is 25.8 Å². The molecule has 0 aliphatic rings. The molecule has 0 aromatic carbocycles. The first-order valence-corrected chi connectivity index (χ1v) is 4.92. The molecule has 0 radical (unpaired) electrons. The highest BCUT2D eigenvalue weighted by atomic mass is 19.4. The van der Waals surface area contributed by atoms with E-state index in [2.05, 4.69) is 9.72 Å². The van der Waals surface area contributed by atoms with E-state index in [1.807, 2.05) is 0 Å². The third-order valence-corrected chi connectivity index (χ3v) is 2.09. The second-order valence-electron chi connectivity index (χ2n) is 3.36. The number of nitriles is 1. The first kappa shape index (κ1) is 15.1. The lowest BCUT2D eigenvalue weighted by Gasteiger charge is -2.15. The quantitative estimate of drug-likeness (QED) is 0.860. The van der Waals surface area contributed by atoms with E-state index in [-0.39, 0.29) is 17.8 Å². The molecule has 0 bridgehead atoms. The Morgan fingerprint density at radius 3 is 2.47 bits per heavy atom. The Bertz CT molecular complexity index is 495. The predicted molar refractivity (Wildman–Crippen MR) is 53.1 cm³/mol. The number of pyridine rings is 1. The van der Waals surface area contributed by atoms with Crippen LogP contribution in [0.5, 0.6) is 5.75 Å². The standard InChI is InChI=1S/C10H8F5N3O/c11-9(12)6-3-8(19-10(13,14)15)5(1-2-16)7(4-17)18-6/h3,9H,1,4,17H2. The van der Waals surface area contributed by atoms with Gasteiger partial charge < -0.3 is 10.5 Å². The van der Waals surface area contributed by atoms with Gasteiger partial charge in [0.1, 0.15) is 11.4 Å². The van der Waals surface area contributed by atoms with Crippen molar-refractivity contribution < 1.29 is 26.7 Å². The van der Waals surface area contributed by atoms with Crippen LogP contribution in [0.15, 0.2) is 6.07 Å². The van der Waals surface area contributed by atoms with Crippen LogP contribution >= 0.6 is 0 Å². The highest BCUT2D eigenvalue weighted by molar-refractivity contribution is 5.40. The fraction of sp³-hybridized carbons (Fsp3) is 0.400. The molecule has 0 saturated heterocycles. The molecule has 0 amide bonds. The average Bonchev–Trinajstić information content (AvgIpc) is 2.29. The maximum Gasteiger partial charge on any atom is 0.573 e. The van der Waals surface area contributed by atoms with Crippen molar-refractivity contribution in [3.8, 4) is 11.8 Å². The number of nitrogens with two attached hydrogens (primary N) is 1. The molecule has 0 unspecified atom stereocenters. The maximum atomic E-state index is 12.5. The number of rotatable bonds is 4. The second kappa shape index (κ2) is 5.79. The second-order valence-corrected chi connectivity index (χ2v) is 3.36. The van der Waals surface area contributed by atoms with Crippen molar-refractivity contribution in [1.82, 2.24) is 4.98 Å². The summed E-state index contributed by atoms with van der Waals surface area (Å²) in [6.07, 6.45) is -8.61. The zero-order valence-electron chi connectivity index (χ0n) is 9.34. The molecule has 0 spiro atoms. The molecule has 2 N–H and O–H groups in total. The van der Waals surface area contributed by atoms with Crippen molar-refractivity contribution in [2.24, 2.45) is 5.73 Å². The SMILES string of the molecule is N#CCc1c(OC(F)(F)F)cc(C(F)F)nc1CN. The first-order valence-electron chi connectivity index (χ1n) is 4.92. The summed E-state index contributed by atoms with van der Waals surface area (Å²) in [5, 5.41) is 8.54. The van der Waals surface area contributed by atoms with Gasteiger partial charge in [-0.05, 0) is 0 Å². The average molecular weight is 281 g/mol. The molecule has 9 heteroatoms. The van der Waals surface area contributed by atoms with E-state index in [0.717, 1.165) is 0 Å². The molecule has 104 valence electrons. The van der Waals surface area contributed by atoms with Crippen LogP contribution in [-0.2, 0) is 13.0 Å². The predicted octanol–water partition coefficient (Wildman–Crippen LogP) is 2.44. The van der Waals surface area contributed by atoms with Crippen LogP contribution < -0.4 is 10.5 Å². The minimum absolute atomic E-state index is 0.224. The Morgan fingerprint density at radius 2 is 2.05 bits per heavy atom. The Morgan fingerprint density at radius 1 is 1.42 bits per heavy atom. The highest BCUT2D eigenvalue weighted by Crippen LogP contribution is 2.31. The molecule has 1 aromatic heterocycles. The number of ether oxygens (including phenoxy) is 1.